The average molecular weight is 343 g/mol. The number of methoxy groups -OCH3 is 1. The van der Waals surface area contributed by atoms with Crippen LogP contribution in [0.2, 0.25) is 0 Å². The van der Waals surface area contributed by atoms with Gasteiger partial charge < -0.3 is 14.2 Å². The van der Waals surface area contributed by atoms with E-state index in [-0.39, 0.29) is 29.2 Å². The highest BCUT2D eigenvalue weighted by Crippen LogP contribution is 2.27. The molecule has 0 spiro atoms. The molecule has 1 fully saturated rings. The van der Waals surface area contributed by atoms with Crippen molar-refractivity contribution in [1.29, 1.82) is 0 Å². The Morgan fingerprint density at radius 2 is 2.04 bits per heavy atom. The first-order valence-corrected chi connectivity index (χ1v) is 8.19. The summed E-state index contributed by atoms with van der Waals surface area (Å²) >= 11 is 0. The zero-order chi connectivity index (χ0) is 17.2. The molecule has 9 heteroatoms. The molecule has 8 nitrogen and oxygen atoms in total. The number of cyclic esters (lactones) is 1. The molecule has 1 heterocycles. The minimum Gasteiger partial charge on any atom is -0.495 e. The van der Waals surface area contributed by atoms with Crippen LogP contribution in [0, 0.1) is 0 Å². The van der Waals surface area contributed by atoms with Crippen LogP contribution < -0.4 is 4.74 Å². The SMILES string of the molecule is COc1ccc(C(=O)O[C@@H]2CCOC2=O)cc1S(=O)(=O)N(C)C. The number of nitrogens with zero attached hydrogens (tertiary/aromatic N) is 1. The second-order valence-electron chi connectivity index (χ2n) is 5.00. The summed E-state index contributed by atoms with van der Waals surface area (Å²) in [6, 6.07) is 3.90. The fourth-order valence-electron chi connectivity index (χ4n) is 1.98. The van der Waals surface area contributed by atoms with E-state index in [0.717, 1.165) is 10.4 Å². The van der Waals surface area contributed by atoms with E-state index in [0.29, 0.717) is 0 Å². The molecule has 1 aromatic carbocycles. The van der Waals surface area contributed by atoms with Gasteiger partial charge in [0.15, 0.2) is 0 Å². The quantitative estimate of drug-likeness (QED) is 0.714. The lowest BCUT2D eigenvalue weighted by Gasteiger charge is -2.15. The molecule has 0 N–H and O–H groups in total. The van der Waals surface area contributed by atoms with E-state index < -0.39 is 28.1 Å². The predicted molar refractivity (Wildman–Crippen MR) is 78.6 cm³/mol. The fraction of sp³-hybridized carbons (Fsp3) is 0.429. The van der Waals surface area contributed by atoms with Crippen molar-refractivity contribution in [1.82, 2.24) is 4.31 Å². The number of esters is 2. The molecule has 1 saturated heterocycles. The molecule has 2 rings (SSSR count). The van der Waals surface area contributed by atoms with Gasteiger partial charge in [-0.2, -0.15) is 0 Å². The number of hydrogen-bond acceptors (Lipinski definition) is 7. The lowest BCUT2D eigenvalue weighted by molar-refractivity contribution is -0.145. The van der Waals surface area contributed by atoms with E-state index >= 15 is 0 Å². The molecule has 126 valence electrons. The molecule has 0 radical (unpaired) electrons. The molecule has 1 atom stereocenters. The van der Waals surface area contributed by atoms with Crippen molar-refractivity contribution < 1.29 is 32.2 Å². The Balaban J connectivity index is 2.34. The van der Waals surface area contributed by atoms with Crippen LogP contribution in [0.3, 0.4) is 0 Å². The molecule has 0 amide bonds. The summed E-state index contributed by atoms with van der Waals surface area (Å²) in [5, 5.41) is 0. The van der Waals surface area contributed by atoms with Gasteiger partial charge in [0.25, 0.3) is 0 Å². The van der Waals surface area contributed by atoms with Crippen LogP contribution in [0.4, 0.5) is 0 Å². The fourth-order valence-corrected chi connectivity index (χ4v) is 3.06. The summed E-state index contributed by atoms with van der Waals surface area (Å²) in [4.78, 5) is 23.3. The zero-order valence-electron chi connectivity index (χ0n) is 12.9. The summed E-state index contributed by atoms with van der Waals surface area (Å²) in [5.74, 6) is -1.30. The number of carbonyl (C=O) groups excluding carboxylic acids is 2. The molecule has 0 aromatic heterocycles. The van der Waals surface area contributed by atoms with E-state index in [4.69, 9.17) is 14.2 Å². The standard InChI is InChI=1S/C14H17NO7S/c1-15(2)23(18,19)12-8-9(4-5-10(12)20-3)13(16)22-11-6-7-21-14(11)17/h4-5,8,11H,6-7H2,1-3H3/t11-/m1/s1. The minimum absolute atomic E-state index is 0.00549. The molecule has 0 aliphatic carbocycles. The van der Waals surface area contributed by atoms with E-state index in [1.807, 2.05) is 0 Å². The first kappa shape index (κ1) is 17.2. The third kappa shape index (κ3) is 3.45. The molecule has 0 saturated carbocycles. The lowest BCUT2D eigenvalue weighted by Crippen LogP contribution is -2.24. The Bertz CT molecular complexity index is 727. The maximum absolute atomic E-state index is 12.3. The predicted octanol–water partition coefficient (Wildman–Crippen LogP) is 0.418. The molecular formula is C14H17NO7S. The normalized spacial score (nSPS) is 17.9. The number of sulfonamides is 1. The van der Waals surface area contributed by atoms with Gasteiger partial charge in [-0.15, -0.1) is 0 Å². The summed E-state index contributed by atoms with van der Waals surface area (Å²) in [6.07, 6.45) is -0.678. The van der Waals surface area contributed by atoms with Gasteiger partial charge in [-0.1, -0.05) is 0 Å². The highest BCUT2D eigenvalue weighted by molar-refractivity contribution is 7.89. The van der Waals surface area contributed by atoms with Crippen LogP contribution in [0.15, 0.2) is 23.1 Å². The van der Waals surface area contributed by atoms with Crippen LogP contribution in [-0.4, -0.2) is 58.6 Å². The smallest absolute Gasteiger partial charge is 0.347 e. The van der Waals surface area contributed by atoms with Gasteiger partial charge in [-0.3, -0.25) is 0 Å². The van der Waals surface area contributed by atoms with Crippen LogP contribution in [0.1, 0.15) is 16.8 Å². The van der Waals surface area contributed by atoms with Crippen LogP contribution in [0.25, 0.3) is 0 Å². The van der Waals surface area contributed by atoms with Crippen molar-refractivity contribution in [2.45, 2.75) is 17.4 Å². The van der Waals surface area contributed by atoms with Gasteiger partial charge in [-0.05, 0) is 18.2 Å². The van der Waals surface area contributed by atoms with E-state index in [9.17, 15) is 18.0 Å². The van der Waals surface area contributed by atoms with Crippen LogP contribution >= 0.6 is 0 Å². The first-order valence-electron chi connectivity index (χ1n) is 6.75. The molecule has 1 aliphatic heterocycles. The summed E-state index contributed by atoms with van der Waals surface area (Å²) < 4.78 is 40.4. The van der Waals surface area contributed by atoms with Crippen molar-refractivity contribution in [2.75, 3.05) is 27.8 Å². The number of hydrogen-bond donors (Lipinski definition) is 0. The maximum atomic E-state index is 12.3. The van der Waals surface area contributed by atoms with E-state index in [1.165, 1.54) is 33.3 Å². The van der Waals surface area contributed by atoms with E-state index in [1.54, 1.807) is 0 Å². The Hall–Kier alpha value is -2.13. The topological polar surface area (TPSA) is 99.2 Å². The second kappa shape index (κ2) is 6.55. The third-order valence-corrected chi connectivity index (χ3v) is 5.13. The number of ether oxygens (including phenoxy) is 3. The summed E-state index contributed by atoms with van der Waals surface area (Å²) in [6.45, 7) is 0.194. The highest BCUT2D eigenvalue weighted by atomic mass is 32.2. The van der Waals surface area contributed by atoms with Gasteiger partial charge in [0.2, 0.25) is 16.1 Å². The van der Waals surface area contributed by atoms with Crippen molar-refractivity contribution in [2.24, 2.45) is 0 Å². The van der Waals surface area contributed by atoms with Gasteiger partial charge >= 0.3 is 11.9 Å². The van der Waals surface area contributed by atoms with Gasteiger partial charge in [0.1, 0.15) is 10.6 Å². The summed E-state index contributed by atoms with van der Waals surface area (Å²) in [5.41, 5.74) is 0.00549. The lowest BCUT2D eigenvalue weighted by atomic mass is 10.2. The zero-order valence-corrected chi connectivity index (χ0v) is 13.8. The Morgan fingerprint density at radius 1 is 1.35 bits per heavy atom. The monoisotopic (exact) mass is 343 g/mol. The number of carbonyl (C=O) groups is 2. The van der Waals surface area contributed by atoms with Gasteiger partial charge in [0.05, 0.1) is 19.3 Å². The largest absolute Gasteiger partial charge is 0.495 e. The molecule has 0 unspecified atom stereocenters. The van der Waals surface area contributed by atoms with Crippen molar-refractivity contribution in [3.05, 3.63) is 23.8 Å². The first-order chi connectivity index (χ1) is 10.8. The van der Waals surface area contributed by atoms with Crippen molar-refractivity contribution >= 4 is 22.0 Å². The Kier molecular flexibility index (Phi) is 4.90. The molecule has 0 bridgehead atoms. The van der Waals surface area contributed by atoms with Crippen molar-refractivity contribution in [3.63, 3.8) is 0 Å². The second-order valence-corrected chi connectivity index (χ2v) is 7.12. The third-order valence-electron chi connectivity index (χ3n) is 3.29. The summed E-state index contributed by atoms with van der Waals surface area (Å²) in [7, 11) is 0.264. The average Bonchev–Trinajstić information content (AvgIpc) is 2.91. The minimum atomic E-state index is -3.80. The van der Waals surface area contributed by atoms with Gasteiger partial charge in [0, 0.05) is 20.5 Å². The molecule has 1 aromatic rings. The molecule has 1 aliphatic rings. The molecular weight excluding hydrogens is 326 g/mol. The molecule has 23 heavy (non-hydrogen) atoms. The Morgan fingerprint density at radius 3 is 2.57 bits per heavy atom. The van der Waals surface area contributed by atoms with Crippen LogP contribution in [-0.2, 0) is 24.3 Å². The van der Waals surface area contributed by atoms with Crippen LogP contribution in [0.5, 0.6) is 5.75 Å². The number of rotatable bonds is 5. The number of benzene rings is 1. The van der Waals surface area contributed by atoms with Gasteiger partial charge in [-0.25, -0.2) is 22.3 Å². The van der Waals surface area contributed by atoms with E-state index in [2.05, 4.69) is 0 Å². The van der Waals surface area contributed by atoms with Crippen molar-refractivity contribution in [3.8, 4) is 5.75 Å². The Labute approximate surface area is 134 Å². The highest BCUT2D eigenvalue weighted by Gasteiger charge is 2.31. The maximum Gasteiger partial charge on any atom is 0.347 e.